The van der Waals surface area contributed by atoms with E-state index in [-0.39, 0.29) is 17.7 Å². The molecule has 0 aromatic carbocycles. The Morgan fingerprint density at radius 1 is 1.42 bits per heavy atom. The van der Waals surface area contributed by atoms with Crippen LogP contribution < -0.4 is 0 Å². The largest absolute Gasteiger partial charge is 0.348 e. The topological polar surface area (TPSA) is 67.5 Å². The zero-order valence-corrected chi connectivity index (χ0v) is 11.1. The summed E-state index contributed by atoms with van der Waals surface area (Å²) in [6.07, 6.45) is 5.14. The minimum Gasteiger partial charge on any atom is -0.348 e. The van der Waals surface area contributed by atoms with Crippen LogP contribution in [0.15, 0.2) is 12.3 Å². The predicted octanol–water partition coefficient (Wildman–Crippen LogP) is 1.17. The number of carbonyl (C=O) groups excluding carboxylic acids is 1. The molecule has 1 N–H and O–H groups in total. The van der Waals surface area contributed by atoms with E-state index in [0.717, 1.165) is 25.7 Å². The molecule has 1 aliphatic carbocycles. The molecule has 0 atom stereocenters. The van der Waals surface area contributed by atoms with Gasteiger partial charge < -0.3 is 14.4 Å². The minimum atomic E-state index is -0.367. The standard InChI is InChI=1S/C13H19N3O3/c1-16(12(17)11-4-7-14-15-11)10-2-5-13(6-3-10)18-8-9-19-13/h4,7,10H,2-3,5-6,8-9H2,1H3,(H,14,15). The zero-order chi connectivity index (χ0) is 13.3. The molecule has 0 unspecified atom stereocenters. The Morgan fingerprint density at radius 3 is 2.68 bits per heavy atom. The van der Waals surface area contributed by atoms with E-state index in [0.29, 0.717) is 18.9 Å². The van der Waals surface area contributed by atoms with Crippen LogP contribution in [0.2, 0.25) is 0 Å². The van der Waals surface area contributed by atoms with Crippen LogP contribution in [0.5, 0.6) is 0 Å². The Balaban J connectivity index is 1.60. The summed E-state index contributed by atoms with van der Waals surface area (Å²) < 4.78 is 11.4. The summed E-state index contributed by atoms with van der Waals surface area (Å²) in [6.45, 7) is 1.38. The fourth-order valence-corrected chi connectivity index (χ4v) is 2.95. The Labute approximate surface area is 112 Å². The number of carbonyl (C=O) groups is 1. The monoisotopic (exact) mass is 265 g/mol. The number of hydrogen-bond acceptors (Lipinski definition) is 4. The third-order valence-electron chi connectivity index (χ3n) is 4.13. The molecule has 6 heteroatoms. The van der Waals surface area contributed by atoms with Crippen molar-refractivity contribution >= 4 is 5.91 Å². The number of hydrogen-bond donors (Lipinski definition) is 1. The Bertz CT molecular complexity index is 430. The van der Waals surface area contributed by atoms with Gasteiger partial charge in [-0.1, -0.05) is 0 Å². The number of H-pyrrole nitrogens is 1. The Kier molecular flexibility index (Phi) is 3.28. The normalized spacial score (nSPS) is 22.8. The summed E-state index contributed by atoms with van der Waals surface area (Å²) in [7, 11) is 1.85. The van der Waals surface area contributed by atoms with Crippen LogP contribution in [0.3, 0.4) is 0 Å². The van der Waals surface area contributed by atoms with E-state index in [1.54, 1.807) is 17.2 Å². The van der Waals surface area contributed by atoms with Gasteiger partial charge in [0, 0.05) is 32.1 Å². The first-order valence-corrected chi connectivity index (χ1v) is 6.75. The van der Waals surface area contributed by atoms with Crippen LogP contribution in [0.4, 0.5) is 0 Å². The molecule has 1 saturated heterocycles. The van der Waals surface area contributed by atoms with Gasteiger partial charge in [0.05, 0.1) is 13.2 Å². The fraction of sp³-hybridized carbons (Fsp3) is 0.692. The van der Waals surface area contributed by atoms with Crippen molar-refractivity contribution in [3.05, 3.63) is 18.0 Å². The van der Waals surface area contributed by atoms with Crippen LogP contribution in [-0.2, 0) is 9.47 Å². The maximum atomic E-state index is 12.2. The summed E-state index contributed by atoms with van der Waals surface area (Å²) >= 11 is 0. The predicted molar refractivity (Wildman–Crippen MR) is 67.6 cm³/mol. The lowest BCUT2D eigenvalue weighted by Gasteiger charge is -2.38. The molecule has 3 rings (SSSR count). The van der Waals surface area contributed by atoms with E-state index >= 15 is 0 Å². The van der Waals surface area contributed by atoms with Crippen LogP contribution >= 0.6 is 0 Å². The van der Waals surface area contributed by atoms with Crippen LogP contribution in [-0.4, -0.2) is 53.1 Å². The highest BCUT2D eigenvalue weighted by Crippen LogP contribution is 2.37. The SMILES string of the molecule is CN(C(=O)c1ccn[nH]1)C1CCC2(CC1)OCCO2. The molecule has 2 aliphatic rings. The lowest BCUT2D eigenvalue weighted by atomic mass is 9.89. The van der Waals surface area contributed by atoms with Crippen molar-refractivity contribution in [2.45, 2.75) is 37.5 Å². The van der Waals surface area contributed by atoms with Gasteiger partial charge in [-0.3, -0.25) is 9.89 Å². The van der Waals surface area contributed by atoms with E-state index in [1.165, 1.54) is 0 Å². The van der Waals surface area contributed by atoms with Gasteiger partial charge in [0.15, 0.2) is 5.79 Å². The summed E-state index contributed by atoms with van der Waals surface area (Å²) in [4.78, 5) is 14.0. The second-order valence-electron chi connectivity index (χ2n) is 5.23. The highest BCUT2D eigenvalue weighted by Gasteiger charge is 2.41. The fourth-order valence-electron chi connectivity index (χ4n) is 2.95. The van der Waals surface area contributed by atoms with Crippen LogP contribution in [0.25, 0.3) is 0 Å². The lowest BCUT2D eigenvalue weighted by Crippen LogP contribution is -2.45. The van der Waals surface area contributed by atoms with Gasteiger partial charge in [-0.05, 0) is 18.9 Å². The lowest BCUT2D eigenvalue weighted by molar-refractivity contribution is -0.182. The highest BCUT2D eigenvalue weighted by atomic mass is 16.7. The van der Waals surface area contributed by atoms with Gasteiger partial charge in [-0.2, -0.15) is 5.10 Å². The van der Waals surface area contributed by atoms with Gasteiger partial charge in [-0.15, -0.1) is 0 Å². The molecule has 104 valence electrons. The molecule has 2 fully saturated rings. The van der Waals surface area contributed by atoms with Gasteiger partial charge in [0.25, 0.3) is 5.91 Å². The molecule has 19 heavy (non-hydrogen) atoms. The first-order chi connectivity index (χ1) is 9.20. The first-order valence-electron chi connectivity index (χ1n) is 6.75. The molecule has 1 amide bonds. The van der Waals surface area contributed by atoms with Crippen LogP contribution in [0, 0.1) is 0 Å². The van der Waals surface area contributed by atoms with Gasteiger partial charge >= 0.3 is 0 Å². The van der Waals surface area contributed by atoms with Gasteiger partial charge in [0.2, 0.25) is 0 Å². The van der Waals surface area contributed by atoms with E-state index in [4.69, 9.17) is 9.47 Å². The number of ether oxygens (including phenoxy) is 2. The van der Waals surface area contributed by atoms with E-state index in [9.17, 15) is 4.79 Å². The summed E-state index contributed by atoms with van der Waals surface area (Å²) in [5.41, 5.74) is 0.538. The third-order valence-corrected chi connectivity index (χ3v) is 4.13. The molecule has 1 saturated carbocycles. The van der Waals surface area contributed by atoms with E-state index in [2.05, 4.69) is 10.2 Å². The molecule has 0 bridgehead atoms. The first kappa shape index (κ1) is 12.6. The van der Waals surface area contributed by atoms with E-state index < -0.39 is 0 Å². The van der Waals surface area contributed by atoms with Crippen molar-refractivity contribution in [1.82, 2.24) is 15.1 Å². The smallest absolute Gasteiger partial charge is 0.271 e. The number of amides is 1. The van der Waals surface area contributed by atoms with Crippen molar-refractivity contribution in [3.63, 3.8) is 0 Å². The molecule has 1 aromatic rings. The molecule has 1 aliphatic heterocycles. The summed E-state index contributed by atoms with van der Waals surface area (Å²) in [5, 5.41) is 6.53. The minimum absolute atomic E-state index is 0.00768. The second kappa shape index (κ2) is 4.94. The van der Waals surface area contributed by atoms with Gasteiger partial charge in [-0.25, -0.2) is 0 Å². The Morgan fingerprint density at radius 2 is 2.11 bits per heavy atom. The highest BCUT2D eigenvalue weighted by molar-refractivity contribution is 5.92. The average Bonchev–Trinajstić information content (AvgIpc) is 3.10. The second-order valence-corrected chi connectivity index (χ2v) is 5.23. The van der Waals surface area contributed by atoms with Crippen molar-refractivity contribution in [3.8, 4) is 0 Å². The molecule has 1 aromatic heterocycles. The van der Waals surface area contributed by atoms with Crippen molar-refractivity contribution < 1.29 is 14.3 Å². The Hall–Kier alpha value is -1.40. The number of nitrogens with one attached hydrogen (secondary N) is 1. The number of aromatic nitrogens is 2. The number of nitrogens with zero attached hydrogens (tertiary/aromatic N) is 2. The summed E-state index contributed by atoms with van der Waals surface area (Å²) in [6, 6.07) is 1.95. The molecule has 6 nitrogen and oxygen atoms in total. The number of rotatable bonds is 2. The average molecular weight is 265 g/mol. The molecular weight excluding hydrogens is 246 g/mol. The maximum absolute atomic E-state index is 12.2. The third kappa shape index (κ3) is 2.37. The van der Waals surface area contributed by atoms with Crippen LogP contribution in [0.1, 0.15) is 36.2 Å². The molecule has 0 radical (unpaired) electrons. The summed E-state index contributed by atoms with van der Waals surface area (Å²) in [5.74, 6) is -0.374. The molecule has 1 spiro atoms. The molecular formula is C13H19N3O3. The quantitative estimate of drug-likeness (QED) is 0.871. The van der Waals surface area contributed by atoms with Gasteiger partial charge in [0.1, 0.15) is 5.69 Å². The number of aromatic amines is 1. The van der Waals surface area contributed by atoms with E-state index in [1.807, 2.05) is 7.05 Å². The maximum Gasteiger partial charge on any atom is 0.271 e. The van der Waals surface area contributed by atoms with Crippen molar-refractivity contribution in [1.29, 1.82) is 0 Å². The molecule has 2 heterocycles. The van der Waals surface area contributed by atoms with Crippen molar-refractivity contribution in [2.75, 3.05) is 20.3 Å². The zero-order valence-electron chi connectivity index (χ0n) is 11.1. The van der Waals surface area contributed by atoms with Crippen molar-refractivity contribution in [2.24, 2.45) is 0 Å².